The number of aromatic hydroxyl groups is 1. The number of phenolic OH excluding ortho intramolecular Hbond substituents is 1. The summed E-state index contributed by atoms with van der Waals surface area (Å²) >= 11 is 24.8. The van der Waals surface area contributed by atoms with E-state index in [1.54, 1.807) is 37.3 Å². The Labute approximate surface area is 248 Å². The van der Waals surface area contributed by atoms with Gasteiger partial charge in [-0.15, -0.1) is 0 Å². The molecule has 0 aromatic heterocycles. The average molecular weight is 760 g/mol. The standard InChI is InChI=1S/C7H8BClO2.C7H6BrCl.C6H4BrClO.CH3I.2CH4/c1-5-2-3-6(9)4-7(5)8(10)11;1-5-2-3-6(9)4-7(5)8;7-5-3-4(8)1-2-6(5)9;1-2;;/h2-4,10-11H,1H3;2-4H,1H3;1-3,9H;1H3;2*1H4/i;;;1D3;;. The Morgan fingerprint density at radius 3 is 1.52 bits per heavy atom. The lowest BCUT2D eigenvalue weighted by Gasteiger charge is -2.03. The van der Waals surface area contributed by atoms with Crippen LogP contribution in [-0.4, -0.2) is 27.1 Å². The molecule has 184 valence electrons. The molecule has 0 unspecified atom stereocenters. The molecule has 10 heteroatoms. The predicted molar refractivity (Wildman–Crippen MR) is 164 cm³/mol. The van der Waals surface area contributed by atoms with Crippen molar-refractivity contribution in [3.63, 3.8) is 0 Å². The van der Waals surface area contributed by atoms with Crippen molar-refractivity contribution in [2.75, 3.05) is 4.86 Å². The van der Waals surface area contributed by atoms with E-state index in [2.05, 4.69) is 31.9 Å². The summed E-state index contributed by atoms with van der Waals surface area (Å²) in [7, 11) is -1.44. The fourth-order valence-corrected chi connectivity index (χ4v) is 3.48. The van der Waals surface area contributed by atoms with Crippen LogP contribution in [-0.2, 0) is 0 Å². The third kappa shape index (κ3) is 15.6. The second kappa shape index (κ2) is 20.2. The van der Waals surface area contributed by atoms with E-state index in [1.807, 2.05) is 25.1 Å². The van der Waals surface area contributed by atoms with Crippen LogP contribution >= 0.6 is 89.3 Å². The second-order valence-electron chi connectivity index (χ2n) is 5.86. The van der Waals surface area contributed by atoms with Gasteiger partial charge in [-0.25, -0.2) is 0 Å². The molecule has 0 aliphatic rings. The molecule has 3 nitrogen and oxygen atoms in total. The summed E-state index contributed by atoms with van der Waals surface area (Å²) in [6.07, 6.45) is 0. The Bertz CT molecular complexity index is 1010. The lowest BCUT2D eigenvalue weighted by Crippen LogP contribution is -2.31. The van der Waals surface area contributed by atoms with Crippen molar-refractivity contribution in [2.24, 2.45) is 0 Å². The van der Waals surface area contributed by atoms with Crippen LogP contribution in [0.1, 0.15) is 30.1 Å². The summed E-state index contributed by atoms with van der Waals surface area (Å²) < 4.78 is 20.5. The lowest BCUT2D eigenvalue weighted by atomic mass is 9.77. The lowest BCUT2D eigenvalue weighted by molar-refractivity contribution is 0.425. The van der Waals surface area contributed by atoms with E-state index in [0.717, 1.165) is 15.1 Å². The van der Waals surface area contributed by atoms with Crippen LogP contribution in [0.3, 0.4) is 0 Å². The van der Waals surface area contributed by atoms with E-state index in [-0.39, 0.29) is 20.6 Å². The Hall–Kier alpha value is 0.00494. The van der Waals surface area contributed by atoms with E-state index in [4.69, 9.17) is 54.1 Å². The second-order valence-corrected chi connectivity index (χ2v) is 8.88. The van der Waals surface area contributed by atoms with E-state index in [0.29, 0.717) is 20.0 Å². The van der Waals surface area contributed by atoms with Gasteiger partial charge in [0.1, 0.15) is 5.75 Å². The molecule has 33 heavy (non-hydrogen) atoms. The number of aryl methyl sites for hydroxylation is 2. The number of halogens is 6. The molecule has 3 aromatic rings. The van der Waals surface area contributed by atoms with Crippen molar-refractivity contribution in [3.8, 4) is 5.75 Å². The Balaban J connectivity index is -0.000000408. The summed E-state index contributed by atoms with van der Waals surface area (Å²) in [6.45, 7) is 3.82. The highest BCUT2D eigenvalue weighted by molar-refractivity contribution is 14.1. The summed E-state index contributed by atoms with van der Waals surface area (Å²) in [5.74, 6) is 0.208. The minimum atomic E-state index is -1.78. The van der Waals surface area contributed by atoms with Crippen molar-refractivity contribution < 1.29 is 19.3 Å². The zero-order chi connectivity index (χ0) is 26.6. The molecular weight excluding hydrogens is 728 g/mol. The van der Waals surface area contributed by atoms with Gasteiger partial charge in [0.25, 0.3) is 0 Å². The van der Waals surface area contributed by atoms with Crippen LogP contribution in [0.5, 0.6) is 5.75 Å². The molecule has 0 atom stereocenters. The topological polar surface area (TPSA) is 60.7 Å². The van der Waals surface area contributed by atoms with Gasteiger partial charge in [-0.2, -0.15) is 0 Å². The first-order valence-corrected chi connectivity index (χ1v) is 12.2. The summed E-state index contributed by atoms with van der Waals surface area (Å²) in [4.78, 5) is -1.78. The van der Waals surface area contributed by atoms with Crippen LogP contribution < -0.4 is 5.46 Å². The Morgan fingerprint density at radius 1 is 0.788 bits per heavy atom. The molecule has 0 heterocycles. The highest BCUT2D eigenvalue weighted by atomic mass is 127. The van der Waals surface area contributed by atoms with Crippen LogP contribution in [0.25, 0.3) is 0 Å². The summed E-state index contributed by atoms with van der Waals surface area (Å²) in [5.41, 5.74) is 2.49. The maximum absolute atomic E-state index is 8.94. The largest absolute Gasteiger partial charge is 0.507 e. The number of hydrogen-bond acceptors (Lipinski definition) is 3. The van der Waals surface area contributed by atoms with Gasteiger partial charge in [-0.1, -0.05) is 106 Å². The van der Waals surface area contributed by atoms with Crippen LogP contribution in [0.4, 0.5) is 0 Å². The smallest absolute Gasteiger partial charge is 0.488 e. The average Bonchev–Trinajstić information content (AvgIpc) is 2.69. The first-order chi connectivity index (χ1) is 15.5. The van der Waals surface area contributed by atoms with Crippen molar-refractivity contribution in [1.82, 2.24) is 0 Å². The molecule has 0 saturated heterocycles. The normalized spacial score (nSPS) is 10.4. The molecule has 0 saturated carbocycles. The number of alkyl halides is 1. The maximum Gasteiger partial charge on any atom is 0.488 e. The van der Waals surface area contributed by atoms with Crippen molar-refractivity contribution in [2.45, 2.75) is 28.7 Å². The van der Waals surface area contributed by atoms with Crippen LogP contribution in [0.2, 0.25) is 15.1 Å². The molecule has 0 aliphatic heterocycles. The van der Waals surface area contributed by atoms with Crippen LogP contribution in [0.15, 0.2) is 63.5 Å². The zero-order valence-corrected chi connectivity index (χ0v) is 24.0. The van der Waals surface area contributed by atoms with Gasteiger partial charge in [0, 0.05) is 23.7 Å². The minimum Gasteiger partial charge on any atom is -0.507 e. The summed E-state index contributed by atoms with van der Waals surface area (Å²) in [5, 5.41) is 28.5. The van der Waals surface area contributed by atoms with Gasteiger partial charge in [0.15, 0.2) is 0 Å². The molecule has 0 aliphatic carbocycles. The minimum absolute atomic E-state index is 0. The molecule has 0 fully saturated rings. The quantitative estimate of drug-likeness (QED) is 0.132. The van der Waals surface area contributed by atoms with Gasteiger partial charge in [0.05, 0.1) is 4.47 Å². The van der Waals surface area contributed by atoms with Crippen molar-refractivity contribution in [3.05, 3.63) is 89.7 Å². The molecule has 3 aromatic carbocycles. The molecule has 3 N–H and O–H groups in total. The predicted octanol–water partition coefficient (Wildman–Crippen LogP) is 8.87. The molecule has 0 amide bonds. The number of phenols is 1. The number of hydrogen-bond donors (Lipinski definition) is 3. The third-order valence-electron chi connectivity index (χ3n) is 3.56. The maximum atomic E-state index is 8.94. The number of benzene rings is 3. The Morgan fingerprint density at radius 2 is 1.18 bits per heavy atom. The summed E-state index contributed by atoms with van der Waals surface area (Å²) in [6, 6.07) is 15.5. The molecular formula is C23H29BBr2Cl3IO3. The van der Waals surface area contributed by atoms with Crippen molar-refractivity contribution >= 4 is 102 Å². The molecule has 3 rings (SSSR count). The monoisotopic (exact) mass is 757 g/mol. The van der Waals surface area contributed by atoms with Crippen molar-refractivity contribution in [1.29, 1.82) is 0 Å². The van der Waals surface area contributed by atoms with E-state index < -0.39 is 12.0 Å². The fourth-order valence-electron chi connectivity index (χ4n) is 1.94. The highest BCUT2D eigenvalue weighted by Crippen LogP contribution is 2.26. The first kappa shape index (κ1) is 31.0. The molecule has 0 radical (unpaired) electrons. The SMILES string of the molecule is C.C.Cc1ccc(Cl)cc1B(O)O.Cc1ccc(Cl)cc1Br.Oc1ccc(Cl)cc1Br.[2H]C([2H])([2H])I. The van der Waals surface area contributed by atoms with Gasteiger partial charge < -0.3 is 15.2 Å². The van der Waals surface area contributed by atoms with E-state index in [1.165, 1.54) is 34.2 Å². The number of rotatable bonds is 1. The third-order valence-corrected chi connectivity index (χ3v) is 5.76. The van der Waals surface area contributed by atoms with Gasteiger partial charge >= 0.3 is 7.12 Å². The fraction of sp³-hybridized carbons (Fsp3) is 0.217. The molecule has 0 bridgehead atoms. The highest BCUT2D eigenvalue weighted by Gasteiger charge is 2.13. The molecule has 0 spiro atoms. The van der Waals surface area contributed by atoms with Gasteiger partial charge in [0.2, 0.25) is 0 Å². The van der Waals surface area contributed by atoms with E-state index in [9.17, 15) is 0 Å². The van der Waals surface area contributed by atoms with E-state index >= 15 is 0 Å². The Kier molecular flexibility index (Phi) is 19.0. The first-order valence-electron chi connectivity index (χ1n) is 9.88. The van der Waals surface area contributed by atoms with Gasteiger partial charge in [-0.3, -0.25) is 0 Å². The van der Waals surface area contributed by atoms with Crippen LogP contribution in [0, 0.1) is 13.8 Å². The van der Waals surface area contributed by atoms with Gasteiger partial charge in [-0.05, 0) is 88.1 Å². The zero-order valence-electron chi connectivity index (χ0n) is 19.4.